The summed E-state index contributed by atoms with van der Waals surface area (Å²) in [7, 11) is -3.73. The number of nitrogens with zero attached hydrogens (tertiary/aromatic N) is 3. The minimum absolute atomic E-state index is 0.0978. The van der Waals surface area contributed by atoms with Crippen LogP contribution in [-0.4, -0.2) is 35.4 Å². The van der Waals surface area contributed by atoms with Crippen molar-refractivity contribution in [3.05, 3.63) is 95.0 Å². The first-order valence-electron chi connectivity index (χ1n) is 10.4. The zero-order valence-electron chi connectivity index (χ0n) is 18.2. The van der Waals surface area contributed by atoms with Crippen LogP contribution < -0.4 is 5.32 Å². The first kappa shape index (κ1) is 23.6. The fraction of sp³-hybridized carbons (Fsp3) is 0.125. The lowest BCUT2D eigenvalue weighted by Crippen LogP contribution is -2.30. The molecule has 10 heteroatoms. The van der Waals surface area contributed by atoms with Crippen molar-refractivity contribution < 1.29 is 17.6 Å². The van der Waals surface area contributed by atoms with Gasteiger partial charge in [-0.3, -0.25) is 10.1 Å². The molecule has 0 atom stereocenters. The van der Waals surface area contributed by atoms with Crippen molar-refractivity contribution in [2.45, 2.75) is 18.4 Å². The van der Waals surface area contributed by atoms with E-state index in [2.05, 4.69) is 15.5 Å². The molecule has 0 radical (unpaired) electrons. The molecule has 1 amide bonds. The highest BCUT2D eigenvalue weighted by Crippen LogP contribution is 2.27. The molecular formula is C24H21ClN4O4S. The number of anilines is 1. The van der Waals surface area contributed by atoms with E-state index in [0.29, 0.717) is 17.1 Å². The highest BCUT2D eigenvalue weighted by atomic mass is 35.5. The number of halogens is 1. The van der Waals surface area contributed by atoms with Gasteiger partial charge >= 0.3 is 6.01 Å². The maximum Gasteiger partial charge on any atom is 0.322 e. The summed E-state index contributed by atoms with van der Waals surface area (Å²) >= 11 is 6.13. The molecule has 8 nitrogen and oxygen atoms in total. The molecule has 1 heterocycles. The van der Waals surface area contributed by atoms with Crippen LogP contribution in [0.15, 0.2) is 88.2 Å². The molecule has 1 N–H and O–H groups in total. The summed E-state index contributed by atoms with van der Waals surface area (Å²) in [5, 5.41) is 10.7. The largest absolute Gasteiger partial charge is 0.403 e. The molecule has 0 fully saturated rings. The second-order valence-electron chi connectivity index (χ2n) is 7.29. The first-order chi connectivity index (χ1) is 16.4. The number of hydrogen-bond acceptors (Lipinski definition) is 6. The number of benzene rings is 3. The maximum atomic E-state index is 13.1. The lowest BCUT2D eigenvalue weighted by atomic mass is 10.2. The van der Waals surface area contributed by atoms with Crippen LogP contribution in [0, 0.1) is 0 Å². The van der Waals surface area contributed by atoms with Crippen LogP contribution in [0.3, 0.4) is 0 Å². The zero-order chi connectivity index (χ0) is 24.1. The molecule has 0 aliphatic heterocycles. The van der Waals surface area contributed by atoms with Gasteiger partial charge in [0.15, 0.2) is 0 Å². The molecule has 0 bridgehead atoms. The van der Waals surface area contributed by atoms with Gasteiger partial charge in [0.2, 0.25) is 10.0 Å². The van der Waals surface area contributed by atoms with Crippen LogP contribution in [-0.2, 0) is 16.6 Å². The smallest absolute Gasteiger partial charge is 0.322 e. The summed E-state index contributed by atoms with van der Waals surface area (Å²) in [5.41, 5.74) is 1.67. The minimum atomic E-state index is -3.73. The van der Waals surface area contributed by atoms with Crippen molar-refractivity contribution in [3.63, 3.8) is 0 Å². The average molecular weight is 497 g/mol. The van der Waals surface area contributed by atoms with Crippen LogP contribution in [0.4, 0.5) is 6.01 Å². The number of sulfonamides is 1. The van der Waals surface area contributed by atoms with E-state index in [1.165, 1.54) is 28.6 Å². The number of amides is 1. The molecule has 0 unspecified atom stereocenters. The monoisotopic (exact) mass is 496 g/mol. The fourth-order valence-corrected chi connectivity index (χ4v) is 4.92. The summed E-state index contributed by atoms with van der Waals surface area (Å²) < 4.78 is 33.0. The Kier molecular flexibility index (Phi) is 7.06. The van der Waals surface area contributed by atoms with Gasteiger partial charge in [-0.25, -0.2) is 8.42 Å². The second kappa shape index (κ2) is 10.2. The quantitative estimate of drug-likeness (QED) is 0.373. The molecule has 0 aliphatic carbocycles. The minimum Gasteiger partial charge on any atom is -0.403 e. The highest BCUT2D eigenvalue weighted by molar-refractivity contribution is 7.89. The van der Waals surface area contributed by atoms with E-state index in [-0.39, 0.29) is 28.9 Å². The number of rotatable bonds is 8. The van der Waals surface area contributed by atoms with E-state index < -0.39 is 15.9 Å². The molecule has 1 aromatic heterocycles. The third kappa shape index (κ3) is 5.17. The Hall–Kier alpha value is -3.53. The molecular weight excluding hydrogens is 476 g/mol. The van der Waals surface area contributed by atoms with E-state index in [0.717, 1.165) is 5.56 Å². The Morgan fingerprint density at radius 3 is 2.32 bits per heavy atom. The Labute approximate surface area is 202 Å². The number of hydrogen-bond donors (Lipinski definition) is 1. The molecule has 4 rings (SSSR count). The van der Waals surface area contributed by atoms with E-state index in [1.54, 1.807) is 31.2 Å². The van der Waals surface area contributed by atoms with Gasteiger partial charge in [0.1, 0.15) is 0 Å². The SMILES string of the molecule is CCN(Cc1ccccc1)S(=O)(=O)c1ccc(C(=O)Nc2nnc(-c3ccccc3Cl)o2)cc1. The number of carbonyl (C=O) groups excluding carboxylic acids is 1. The summed E-state index contributed by atoms with van der Waals surface area (Å²) in [6.07, 6.45) is 0. The molecule has 0 saturated heterocycles. The molecule has 0 spiro atoms. The van der Waals surface area contributed by atoms with E-state index >= 15 is 0 Å². The summed E-state index contributed by atoms with van der Waals surface area (Å²) in [4.78, 5) is 12.7. The summed E-state index contributed by atoms with van der Waals surface area (Å²) in [6.45, 7) is 2.35. The van der Waals surface area contributed by atoms with Gasteiger partial charge in [-0.2, -0.15) is 4.31 Å². The van der Waals surface area contributed by atoms with Gasteiger partial charge in [0, 0.05) is 18.7 Å². The number of aromatic nitrogens is 2. The maximum absolute atomic E-state index is 13.1. The van der Waals surface area contributed by atoms with Gasteiger partial charge in [0.25, 0.3) is 11.8 Å². The lowest BCUT2D eigenvalue weighted by molar-refractivity contribution is 0.102. The van der Waals surface area contributed by atoms with Crippen molar-refractivity contribution in [1.29, 1.82) is 0 Å². The van der Waals surface area contributed by atoms with Gasteiger partial charge < -0.3 is 4.42 Å². The topological polar surface area (TPSA) is 105 Å². The van der Waals surface area contributed by atoms with Crippen LogP contribution in [0.2, 0.25) is 5.02 Å². The summed E-state index contributed by atoms with van der Waals surface area (Å²) in [5.74, 6) is -0.352. The first-order valence-corrected chi connectivity index (χ1v) is 12.2. The van der Waals surface area contributed by atoms with Gasteiger partial charge in [-0.1, -0.05) is 66.1 Å². The third-order valence-electron chi connectivity index (χ3n) is 5.06. The second-order valence-corrected chi connectivity index (χ2v) is 9.63. The van der Waals surface area contributed by atoms with Gasteiger partial charge in [0.05, 0.1) is 15.5 Å². The van der Waals surface area contributed by atoms with Gasteiger partial charge in [-0.05, 0) is 42.0 Å². The fourth-order valence-electron chi connectivity index (χ4n) is 3.27. The Bertz CT molecular complexity index is 1390. The number of nitrogens with one attached hydrogen (secondary N) is 1. The van der Waals surface area contributed by atoms with Crippen LogP contribution in [0.25, 0.3) is 11.5 Å². The Balaban J connectivity index is 1.47. The van der Waals surface area contributed by atoms with Crippen molar-refractivity contribution in [2.75, 3.05) is 11.9 Å². The average Bonchev–Trinajstić information content (AvgIpc) is 3.31. The molecule has 3 aromatic carbocycles. The molecule has 0 saturated carbocycles. The highest BCUT2D eigenvalue weighted by Gasteiger charge is 2.24. The lowest BCUT2D eigenvalue weighted by Gasteiger charge is -2.20. The molecule has 4 aromatic rings. The third-order valence-corrected chi connectivity index (χ3v) is 7.32. The predicted molar refractivity (Wildman–Crippen MR) is 129 cm³/mol. The Morgan fingerprint density at radius 1 is 0.971 bits per heavy atom. The van der Waals surface area contributed by atoms with E-state index in [1.807, 2.05) is 30.3 Å². The van der Waals surface area contributed by atoms with Crippen LogP contribution >= 0.6 is 11.6 Å². The van der Waals surface area contributed by atoms with E-state index in [9.17, 15) is 13.2 Å². The molecule has 0 aliphatic rings. The predicted octanol–water partition coefficient (Wildman–Crippen LogP) is 4.85. The zero-order valence-corrected chi connectivity index (χ0v) is 19.8. The van der Waals surface area contributed by atoms with Crippen LogP contribution in [0.5, 0.6) is 0 Å². The van der Waals surface area contributed by atoms with Crippen LogP contribution in [0.1, 0.15) is 22.8 Å². The Morgan fingerprint density at radius 2 is 1.65 bits per heavy atom. The van der Waals surface area contributed by atoms with Crippen molar-refractivity contribution in [2.24, 2.45) is 0 Å². The summed E-state index contributed by atoms with van der Waals surface area (Å²) in [6, 6.07) is 21.9. The van der Waals surface area contributed by atoms with Crippen molar-refractivity contribution >= 4 is 33.5 Å². The van der Waals surface area contributed by atoms with Crippen molar-refractivity contribution in [1.82, 2.24) is 14.5 Å². The normalized spacial score (nSPS) is 11.5. The number of carbonyl (C=O) groups is 1. The molecule has 34 heavy (non-hydrogen) atoms. The standard InChI is InChI=1S/C24H21ClN4O4S/c1-2-29(16-17-8-4-3-5-9-17)34(31,32)19-14-12-18(13-15-19)22(30)26-24-28-27-23(33-24)20-10-6-7-11-21(20)25/h3-15H,2,16H2,1H3,(H,26,28,30). The van der Waals surface area contributed by atoms with E-state index in [4.69, 9.17) is 16.0 Å². The van der Waals surface area contributed by atoms with Gasteiger partial charge in [-0.15, -0.1) is 5.10 Å². The molecule has 174 valence electrons. The van der Waals surface area contributed by atoms with Crippen molar-refractivity contribution in [3.8, 4) is 11.5 Å².